The molecule has 0 bridgehead atoms. The lowest BCUT2D eigenvalue weighted by molar-refractivity contribution is -0.144. The molecule has 42 heavy (non-hydrogen) atoms. The van der Waals surface area contributed by atoms with Crippen LogP contribution in [0.25, 0.3) is 22.4 Å². The van der Waals surface area contributed by atoms with Crippen LogP contribution in [0.3, 0.4) is 0 Å². The van der Waals surface area contributed by atoms with Crippen LogP contribution in [-0.4, -0.2) is 21.4 Å². The van der Waals surface area contributed by atoms with Gasteiger partial charge in [-0.25, -0.2) is 4.98 Å². The van der Waals surface area contributed by atoms with Crippen molar-refractivity contribution < 1.29 is 23.5 Å². The molecule has 0 amide bonds. The van der Waals surface area contributed by atoms with Crippen LogP contribution in [-0.2, 0) is 29.2 Å². The number of hydrogen-bond donors (Lipinski definition) is 0. The number of rotatable bonds is 9. The number of fused-ring (bicyclic) bond motifs is 1. The molecule has 0 radical (unpaired) electrons. The van der Waals surface area contributed by atoms with Crippen LogP contribution >= 0.6 is 0 Å². The molecule has 0 fully saturated rings. The van der Waals surface area contributed by atoms with Gasteiger partial charge in [-0.3, -0.25) is 14.2 Å². The zero-order valence-corrected chi connectivity index (χ0v) is 23.0. The average Bonchev–Trinajstić information content (AvgIpc) is 3.62. The number of nitrogens with zero attached hydrogens (tertiary/aromatic N) is 2. The van der Waals surface area contributed by atoms with Crippen LogP contribution in [0, 0.1) is 6.92 Å². The average molecular weight is 557 g/mol. The van der Waals surface area contributed by atoms with Gasteiger partial charge in [-0.05, 0) is 60.5 Å². The van der Waals surface area contributed by atoms with E-state index in [0.717, 1.165) is 27.6 Å². The standard InChI is InChI=1S/C35H28N2O5/c1-24-31(20-33(38)41-22-25-10-4-2-5-11-25)30-14-8-9-15-32(30)37(24)35(39)27-16-18-28(19-17-27)40-23-29-21-36-34(42-29)26-12-6-3-7-13-26/h2-19,21H,20,22-23H2,1H3. The Kier molecular flexibility index (Phi) is 7.64. The first-order chi connectivity index (χ1) is 20.6. The summed E-state index contributed by atoms with van der Waals surface area (Å²) in [4.78, 5) is 30.8. The predicted molar refractivity (Wildman–Crippen MR) is 159 cm³/mol. The van der Waals surface area contributed by atoms with E-state index in [4.69, 9.17) is 13.9 Å². The first-order valence-corrected chi connectivity index (χ1v) is 13.6. The van der Waals surface area contributed by atoms with Crippen LogP contribution < -0.4 is 4.74 Å². The number of carbonyl (C=O) groups is 2. The molecule has 0 aliphatic carbocycles. The fourth-order valence-corrected chi connectivity index (χ4v) is 4.92. The summed E-state index contributed by atoms with van der Waals surface area (Å²) in [6, 6.07) is 33.8. The maximum atomic E-state index is 13.7. The van der Waals surface area contributed by atoms with E-state index in [9.17, 15) is 9.59 Å². The van der Waals surface area contributed by atoms with Crippen molar-refractivity contribution in [3.8, 4) is 17.2 Å². The Morgan fingerprint density at radius 3 is 2.26 bits per heavy atom. The molecule has 0 saturated heterocycles. The Balaban J connectivity index is 1.15. The zero-order chi connectivity index (χ0) is 28.9. The number of aromatic nitrogens is 2. The van der Waals surface area contributed by atoms with Gasteiger partial charge in [0, 0.05) is 22.2 Å². The monoisotopic (exact) mass is 556 g/mol. The van der Waals surface area contributed by atoms with Crippen molar-refractivity contribution in [3.63, 3.8) is 0 Å². The van der Waals surface area contributed by atoms with E-state index in [1.807, 2.05) is 91.9 Å². The van der Waals surface area contributed by atoms with Gasteiger partial charge in [-0.15, -0.1) is 0 Å². The molecule has 2 heterocycles. The van der Waals surface area contributed by atoms with Gasteiger partial charge in [0.2, 0.25) is 5.89 Å². The topological polar surface area (TPSA) is 83.6 Å². The smallest absolute Gasteiger partial charge is 0.310 e. The third-order valence-corrected chi connectivity index (χ3v) is 7.07. The first-order valence-electron chi connectivity index (χ1n) is 13.6. The molecule has 6 aromatic rings. The lowest BCUT2D eigenvalue weighted by Crippen LogP contribution is -2.14. The van der Waals surface area contributed by atoms with E-state index >= 15 is 0 Å². The second-order valence-electron chi connectivity index (χ2n) is 9.86. The van der Waals surface area contributed by atoms with Gasteiger partial charge >= 0.3 is 5.97 Å². The summed E-state index contributed by atoms with van der Waals surface area (Å²) in [5, 5.41) is 0.849. The van der Waals surface area contributed by atoms with Crippen molar-refractivity contribution in [1.29, 1.82) is 0 Å². The summed E-state index contributed by atoms with van der Waals surface area (Å²) in [6.07, 6.45) is 1.72. The number of oxazole rings is 1. The number of para-hydroxylation sites is 1. The molecule has 4 aromatic carbocycles. The van der Waals surface area contributed by atoms with Gasteiger partial charge in [0.15, 0.2) is 5.76 Å². The Morgan fingerprint density at radius 2 is 1.50 bits per heavy atom. The van der Waals surface area contributed by atoms with E-state index in [2.05, 4.69) is 4.98 Å². The van der Waals surface area contributed by atoms with Crippen LogP contribution in [0.4, 0.5) is 0 Å². The Morgan fingerprint density at radius 1 is 0.810 bits per heavy atom. The van der Waals surface area contributed by atoms with Crippen LogP contribution in [0.15, 0.2) is 120 Å². The number of ether oxygens (including phenoxy) is 2. The molecule has 0 aliphatic rings. The Bertz CT molecular complexity index is 1840. The number of carbonyl (C=O) groups excluding carboxylic acids is 2. The molecule has 6 rings (SSSR count). The number of esters is 1. The van der Waals surface area contributed by atoms with Gasteiger partial charge in [-0.1, -0.05) is 66.7 Å². The summed E-state index contributed by atoms with van der Waals surface area (Å²) in [5.41, 5.74) is 4.54. The van der Waals surface area contributed by atoms with Crippen LogP contribution in [0.1, 0.15) is 32.9 Å². The fraction of sp³-hybridized carbons (Fsp3) is 0.114. The summed E-state index contributed by atoms with van der Waals surface area (Å²) < 4.78 is 18.9. The van der Waals surface area contributed by atoms with Crippen molar-refractivity contribution in [3.05, 3.63) is 144 Å². The molecule has 7 nitrogen and oxygen atoms in total. The van der Waals surface area contributed by atoms with Crippen molar-refractivity contribution in [2.24, 2.45) is 0 Å². The Labute approximate surface area is 243 Å². The highest BCUT2D eigenvalue weighted by Crippen LogP contribution is 2.28. The van der Waals surface area contributed by atoms with Gasteiger partial charge in [0.25, 0.3) is 5.91 Å². The molecule has 0 aliphatic heterocycles. The van der Waals surface area contributed by atoms with E-state index in [1.165, 1.54) is 0 Å². The Hall–Kier alpha value is -5.43. The van der Waals surface area contributed by atoms with E-state index in [0.29, 0.717) is 28.7 Å². The van der Waals surface area contributed by atoms with Crippen molar-refractivity contribution in [2.75, 3.05) is 0 Å². The van der Waals surface area contributed by atoms with Gasteiger partial charge in [0.05, 0.1) is 18.1 Å². The molecular formula is C35H28N2O5. The lowest BCUT2D eigenvalue weighted by atomic mass is 10.1. The molecule has 0 spiro atoms. The maximum Gasteiger partial charge on any atom is 0.310 e. The molecule has 2 aromatic heterocycles. The second kappa shape index (κ2) is 12.0. The maximum absolute atomic E-state index is 13.7. The third kappa shape index (κ3) is 5.71. The van der Waals surface area contributed by atoms with Crippen LogP contribution in [0.5, 0.6) is 5.75 Å². The minimum absolute atomic E-state index is 0.0693. The quantitative estimate of drug-likeness (QED) is 0.176. The van der Waals surface area contributed by atoms with Gasteiger partial charge in [0.1, 0.15) is 19.0 Å². The summed E-state index contributed by atoms with van der Waals surface area (Å²) >= 11 is 0. The highest BCUT2D eigenvalue weighted by Gasteiger charge is 2.22. The van der Waals surface area contributed by atoms with Crippen molar-refractivity contribution in [1.82, 2.24) is 9.55 Å². The summed E-state index contributed by atoms with van der Waals surface area (Å²) in [6.45, 7) is 2.27. The van der Waals surface area contributed by atoms with Crippen molar-refractivity contribution in [2.45, 2.75) is 26.6 Å². The van der Waals surface area contributed by atoms with Gasteiger partial charge < -0.3 is 13.9 Å². The number of hydrogen-bond acceptors (Lipinski definition) is 6. The van der Waals surface area contributed by atoms with E-state index < -0.39 is 0 Å². The predicted octanol–water partition coefficient (Wildman–Crippen LogP) is 7.16. The van der Waals surface area contributed by atoms with E-state index in [-0.39, 0.29) is 31.5 Å². The molecule has 0 N–H and O–H groups in total. The number of benzene rings is 4. The zero-order valence-electron chi connectivity index (χ0n) is 23.0. The van der Waals surface area contributed by atoms with E-state index in [1.54, 1.807) is 35.0 Å². The normalized spacial score (nSPS) is 11.0. The SMILES string of the molecule is Cc1c(CC(=O)OCc2ccccc2)c2ccccc2n1C(=O)c1ccc(OCc2cnc(-c3ccccc3)o2)cc1. The summed E-state index contributed by atoms with van der Waals surface area (Å²) in [5.74, 6) is 1.19. The second-order valence-corrected chi connectivity index (χ2v) is 9.86. The first kappa shape index (κ1) is 26.8. The third-order valence-electron chi connectivity index (χ3n) is 7.07. The van der Waals surface area contributed by atoms with Gasteiger partial charge in [-0.2, -0.15) is 0 Å². The molecule has 0 atom stereocenters. The molecule has 0 saturated carbocycles. The lowest BCUT2D eigenvalue weighted by Gasteiger charge is -2.09. The largest absolute Gasteiger partial charge is 0.486 e. The molecular weight excluding hydrogens is 528 g/mol. The highest BCUT2D eigenvalue weighted by molar-refractivity contribution is 6.04. The fourth-order valence-electron chi connectivity index (χ4n) is 4.92. The highest BCUT2D eigenvalue weighted by atomic mass is 16.5. The minimum atomic E-state index is -0.346. The summed E-state index contributed by atoms with van der Waals surface area (Å²) in [7, 11) is 0. The molecule has 7 heteroatoms. The van der Waals surface area contributed by atoms with Crippen LogP contribution in [0.2, 0.25) is 0 Å². The minimum Gasteiger partial charge on any atom is -0.486 e. The van der Waals surface area contributed by atoms with Crippen molar-refractivity contribution >= 4 is 22.8 Å². The molecule has 0 unspecified atom stereocenters. The molecule has 208 valence electrons.